The molecule has 0 unspecified atom stereocenters. The van der Waals surface area contributed by atoms with Crippen molar-refractivity contribution in [3.63, 3.8) is 0 Å². The van der Waals surface area contributed by atoms with Crippen LogP contribution in [0.5, 0.6) is 0 Å². The second-order valence-electron chi connectivity index (χ2n) is 10.3. The Morgan fingerprint density at radius 2 is 1.59 bits per heavy atom. The van der Waals surface area contributed by atoms with Crippen molar-refractivity contribution in [3.8, 4) is 0 Å². The third kappa shape index (κ3) is 9.21. The van der Waals surface area contributed by atoms with Crippen molar-refractivity contribution >= 4 is 21.8 Å². The number of carbonyl (C=O) groups is 2. The molecule has 0 heterocycles. The van der Waals surface area contributed by atoms with E-state index in [0.717, 1.165) is 24.0 Å². The molecule has 3 N–H and O–H groups in total. The summed E-state index contributed by atoms with van der Waals surface area (Å²) in [6.07, 6.45) is 2.79. The van der Waals surface area contributed by atoms with E-state index < -0.39 is 21.9 Å². The lowest BCUT2D eigenvalue weighted by Gasteiger charge is -2.31. The number of aliphatic hydroxyl groups is 1. The Morgan fingerprint density at radius 1 is 0.927 bits per heavy atom. The zero-order valence-corrected chi connectivity index (χ0v) is 23.7. The number of hydrogen-bond acceptors (Lipinski definition) is 5. The molecule has 0 radical (unpaired) electrons. The van der Waals surface area contributed by atoms with Crippen LogP contribution in [-0.2, 0) is 39.0 Å². The fraction of sp³-hybridized carbons (Fsp3) is 0.355. The lowest BCUT2D eigenvalue weighted by molar-refractivity contribution is -0.141. The lowest BCUT2D eigenvalue weighted by atomic mass is 10.0. The number of rotatable bonds is 15. The highest BCUT2D eigenvalue weighted by Gasteiger charge is 2.30. The van der Waals surface area contributed by atoms with Crippen LogP contribution in [0, 0.1) is 5.82 Å². The van der Waals surface area contributed by atoms with Crippen LogP contribution in [0.1, 0.15) is 42.4 Å². The van der Waals surface area contributed by atoms with Crippen LogP contribution >= 0.6 is 0 Å². The maximum Gasteiger partial charge on any atom is 0.243 e. The number of nitrogens with one attached hydrogen (secondary N) is 2. The van der Waals surface area contributed by atoms with Gasteiger partial charge in [-0.25, -0.2) is 17.5 Å². The number of aryl methyl sites for hydroxylation is 1. The van der Waals surface area contributed by atoms with E-state index in [4.69, 9.17) is 5.11 Å². The minimum Gasteiger partial charge on any atom is -0.396 e. The van der Waals surface area contributed by atoms with Gasteiger partial charge in [0.05, 0.1) is 4.90 Å². The van der Waals surface area contributed by atoms with Gasteiger partial charge in [0.25, 0.3) is 0 Å². The van der Waals surface area contributed by atoms with E-state index in [-0.39, 0.29) is 55.3 Å². The average molecular weight is 582 g/mol. The molecule has 8 nitrogen and oxygen atoms in total. The number of halogens is 1. The molecule has 0 saturated heterocycles. The van der Waals surface area contributed by atoms with Crippen LogP contribution in [0.4, 0.5) is 4.39 Å². The molecule has 0 spiro atoms. The van der Waals surface area contributed by atoms with Crippen LogP contribution in [0.15, 0.2) is 83.8 Å². The normalized spacial score (nSPS) is 13.9. The van der Waals surface area contributed by atoms with Crippen molar-refractivity contribution in [1.29, 1.82) is 0 Å². The van der Waals surface area contributed by atoms with Gasteiger partial charge in [-0.1, -0.05) is 54.6 Å². The van der Waals surface area contributed by atoms with Crippen molar-refractivity contribution < 1.29 is 27.5 Å². The van der Waals surface area contributed by atoms with Gasteiger partial charge >= 0.3 is 0 Å². The van der Waals surface area contributed by atoms with E-state index in [2.05, 4.69) is 10.0 Å². The summed E-state index contributed by atoms with van der Waals surface area (Å²) in [6.45, 7) is 0.302. The fourth-order valence-electron chi connectivity index (χ4n) is 4.47. The van der Waals surface area contributed by atoms with Gasteiger partial charge in [0.1, 0.15) is 11.9 Å². The minimum absolute atomic E-state index is 0.00839. The Kier molecular flexibility index (Phi) is 10.6. The first-order valence-electron chi connectivity index (χ1n) is 13.8. The van der Waals surface area contributed by atoms with Gasteiger partial charge in [-0.2, -0.15) is 0 Å². The third-order valence-corrected chi connectivity index (χ3v) is 8.47. The summed E-state index contributed by atoms with van der Waals surface area (Å²) < 4.78 is 41.2. The Hall–Kier alpha value is -3.60. The van der Waals surface area contributed by atoms with E-state index in [0.29, 0.717) is 18.4 Å². The zero-order valence-electron chi connectivity index (χ0n) is 22.8. The van der Waals surface area contributed by atoms with Gasteiger partial charge in [0, 0.05) is 38.6 Å². The topological polar surface area (TPSA) is 116 Å². The standard InChI is InChI=1S/C31H36FN3O5S/c32-26-12-7-25(8-13-26)22-35(29(31(38)33-19-4-20-36)21-24-5-2-1-3-6-24)30(37)18-11-23-9-16-28(17-10-23)41(39,40)34-27-14-15-27/h1-3,5-10,12-13,16-17,27,29,34,36H,4,11,14-15,18-22H2,(H,33,38)/t29-/m0/s1. The number of aliphatic hydroxyl groups excluding tert-OH is 1. The largest absolute Gasteiger partial charge is 0.396 e. The highest BCUT2D eigenvalue weighted by atomic mass is 32.2. The molecule has 1 aliphatic carbocycles. The fourth-order valence-corrected chi connectivity index (χ4v) is 5.77. The Bertz CT molecular complexity index is 1400. The summed E-state index contributed by atoms with van der Waals surface area (Å²) in [5.41, 5.74) is 2.35. The summed E-state index contributed by atoms with van der Waals surface area (Å²) in [7, 11) is -3.57. The minimum atomic E-state index is -3.57. The third-order valence-electron chi connectivity index (χ3n) is 6.93. The molecule has 1 fully saturated rings. The summed E-state index contributed by atoms with van der Waals surface area (Å²) >= 11 is 0. The number of amides is 2. The molecular formula is C31H36FN3O5S. The van der Waals surface area contributed by atoms with E-state index >= 15 is 0 Å². The quantitative estimate of drug-likeness (QED) is 0.238. The summed E-state index contributed by atoms with van der Waals surface area (Å²) in [5.74, 6) is -0.998. The van der Waals surface area contributed by atoms with Crippen LogP contribution in [0.2, 0.25) is 0 Å². The van der Waals surface area contributed by atoms with Gasteiger partial charge < -0.3 is 15.3 Å². The predicted molar refractivity (Wildman–Crippen MR) is 154 cm³/mol. The van der Waals surface area contributed by atoms with Gasteiger partial charge in [-0.15, -0.1) is 0 Å². The second kappa shape index (κ2) is 14.3. The molecule has 2 amide bonds. The number of benzene rings is 3. The molecular weight excluding hydrogens is 545 g/mol. The van der Waals surface area contributed by atoms with Gasteiger partial charge in [0.2, 0.25) is 21.8 Å². The second-order valence-corrected chi connectivity index (χ2v) is 12.0. The molecule has 1 atom stereocenters. The van der Waals surface area contributed by atoms with Gasteiger partial charge in [0.15, 0.2) is 0 Å². The summed E-state index contributed by atoms with van der Waals surface area (Å²) in [6, 6.07) is 20.8. The van der Waals surface area contributed by atoms with Crippen molar-refractivity contribution in [2.45, 2.75) is 62.0 Å². The summed E-state index contributed by atoms with van der Waals surface area (Å²) in [4.78, 5) is 28.8. The summed E-state index contributed by atoms with van der Waals surface area (Å²) in [5, 5.41) is 12.0. The van der Waals surface area contributed by atoms with E-state index in [1.54, 1.807) is 24.3 Å². The van der Waals surface area contributed by atoms with E-state index in [1.165, 1.54) is 29.2 Å². The van der Waals surface area contributed by atoms with Crippen molar-refractivity contribution in [3.05, 3.63) is 101 Å². The van der Waals surface area contributed by atoms with Gasteiger partial charge in [-0.3, -0.25) is 9.59 Å². The molecule has 3 aromatic rings. The molecule has 1 aliphatic rings. The first kappa shape index (κ1) is 30.4. The van der Waals surface area contributed by atoms with Crippen LogP contribution in [0.25, 0.3) is 0 Å². The molecule has 4 rings (SSSR count). The van der Waals surface area contributed by atoms with E-state index in [1.807, 2.05) is 30.3 Å². The maximum absolute atomic E-state index is 13.7. The highest BCUT2D eigenvalue weighted by Crippen LogP contribution is 2.23. The van der Waals surface area contributed by atoms with Crippen LogP contribution in [-0.4, -0.2) is 55.5 Å². The molecule has 3 aromatic carbocycles. The van der Waals surface area contributed by atoms with Crippen molar-refractivity contribution in [2.75, 3.05) is 13.2 Å². The molecule has 10 heteroatoms. The number of sulfonamides is 1. The van der Waals surface area contributed by atoms with Crippen molar-refractivity contribution in [1.82, 2.24) is 14.9 Å². The zero-order chi connectivity index (χ0) is 29.2. The predicted octanol–water partition coefficient (Wildman–Crippen LogP) is 3.34. The number of hydrogen-bond donors (Lipinski definition) is 3. The monoisotopic (exact) mass is 581 g/mol. The van der Waals surface area contributed by atoms with E-state index in [9.17, 15) is 22.4 Å². The highest BCUT2D eigenvalue weighted by molar-refractivity contribution is 7.89. The van der Waals surface area contributed by atoms with Crippen LogP contribution < -0.4 is 10.0 Å². The Balaban J connectivity index is 1.53. The molecule has 1 saturated carbocycles. The first-order chi connectivity index (χ1) is 19.7. The molecule has 41 heavy (non-hydrogen) atoms. The molecule has 218 valence electrons. The van der Waals surface area contributed by atoms with Gasteiger partial charge in [-0.05, 0) is 66.6 Å². The number of nitrogens with zero attached hydrogens (tertiary/aromatic N) is 1. The van der Waals surface area contributed by atoms with Crippen molar-refractivity contribution in [2.24, 2.45) is 0 Å². The lowest BCUT2D eigenvalue weighted by Crippen LogP contribution is -2.50. The number of carbonyl (C=O) groups excluding carboxylic acids is 2. The smallest absolute Gasteiger partial charge is 0.243 e. The Labute approximate surface area is 240 Å². The molecule has 0 aliphatic heterocycles. The Morgan fingerprint density at radius 3 is 2.22 bits per heavy atom. The van der Waals surface area contributed by atoms with Crippen LogP contribution in [0.3, 0.4) is 0 Å². The maximum atomic E-state index is 13.7. The first-order valence-corrected chi connectivity index (χ1v) is 15.3. The molecule has 0 bridgehead atoms. The molecule has 0 aromatic heterocycles. The SMILES string of the molecule is O=C(NCCCO)[C@H](Cc1ccccc1)N(Cc1ccc(F)cc1)C(=O)CCc1ccc(S(=O)(=O)NC2CC2)cc1. The average Bonchev–Trinajstić information content (AvgIpc) is 3.79.